The van der Waals surface area contributed by atoms with Crippen molar-refractivity contribution in [2.75, 3.05) is 11.9 Å². The lowest BCUT2D eigenvalue weighted by Gasteiger charge is -2.01. The number of amides is 1. The number of halogens is 2. The van der Waals surface area contributed by atoms with Crippen LogP contribution in [0.4, 0.5) is 4.39 Å². The van der Waals surface area contributed by atoms with E-state index in [0.29, 0.717) is 17.2 Å². The fourth-order valence-corrected chi connectivity index (χ4v) is 2.71. The molecule has 0 saturated heterocycles. The zero-order valence-electron chi connectivity index (χ0n) is 10.7. The highest BCUT2D eigenvalue weighted by Gasteiger charge is 2.14. The third-order valence-electron chi connectivity index (χ3n) is 2.65. The first-order valence-corrected chi connectivity index (χ1v) is 8.21. The first-order valence-electron chi connectivity index (χ1n) is 6.27. The minimum Gasteiger partial charge on any atom is -0.355 e. The summed E-state index contributed by atoms with van der Waals surface area (Å²) in [6.07, 6.45) is 3.08. The van der Waals surface area contributed by atoms with E-state index in [0.717, 1.165) is 35.9 Å². The lowest BCUT2D eigenvalue weighted by molar-refractivity contribution is 0.0944. The molecule has 0 saturated carbocycles. The maximum atomic E-state index is 12.9. The summed E-state index contributed by atoms with van der Waals surface area (Å²) in [6.45, 7) is 0.613. The number of hydrogen-bond donors (Lipinski definition) is 1. The summed E-state index contributed by atoms with van der Waals surface area (Å²) in [5, 5.41) is 7.17. The van der Waals surface area contributed by atoms with Gasteiger partial charge in [-0.05, 0) is 25.0 Å². The molecule has 0 aliphatic rings. The van der Waals surface area contributed by atoms with Crippen LogP contribution >= 0.6 is 27.3 Å². The van der Waals surface area contributed by atoms with Crippen molar-refractivity contribution in [1.82, 2.24) is 10.5 Å². The van der Waals surface area contributed by atoms with Gasteiger partial charge in [0.2, 0.25) is 0 Å². The number of carbonyl (C=O) groups excluding carboxylic acids is 1. The summed E-state index contributed by atoms with van der Waals surface area (Å²) in [7, 11) is 0. The van der Waals surface area contributed by atoms with Crippen LogP contribution in [0.1, 0.15) is 29.8 Å². The quantitative estimate of drug-likeness (QED) is 0.602. The number of nitrogens with one attached hydrogen (secondary N) is 1. The fraction of sp³-hybridized carbons (Fsp3) is 0.385. The molecule has 1 N–H and O–H groups in total. The van der Waals surface area contributed by atoms with Crippen LogP contribution in [0.15, 0.2) is 22.7 Å². The lowest BCUT2D eigenvalue weighted by atomic mass is 10.2. The number of alkyl halides is 1. The van der Waals surface area contributed by atoms with Crippen LogP contribution in [0.5, 0.6) is 0 Å². The van der Waals surface area contributed by atoms with E-state index in [1.54, 1.807) is 6.07 Å². The van der Waals surface area contributed by atoms with Gasteiger partial charge in [0.1, 0.15) is 0 Å². The number of hydrogen-bond acceptors (Lipinski definition) is 4. The van der Waals surface area contributed by atoms with Gasteiger partial charge >= 0.3 is 0 Å². The van der Waals surface area contributed by atoms with Crippen molar-refractivity contribution in [1.29, 1.82) is 0 Å². The third kappa shape index (κ3) is 4.14. The van der Waals surface area contributed by atoms with Crippen LogP contribution < -0.4 is 5.32 Å². The van der Waals surface area contributed by atoms with Gasteiger partial charge in [-0.25, -0.2) is 0 Å². The molecule has 0 radical (unpaired) electrons. The molecule has 0 aromatic carbocycles. The van der Waals surface area contributed by atoms with Gasteiger partial charge in [-0.15, -0.1) is 11.3 Å². The Morgan fingerprint density at radius 2 is 2.25 bits per heavy atom. The normalized spacial score (nSPS) is 10.7. The second kappa shape index (κ2) is 7.54. The van der Waals surface area contributed by atoms with Gasteiger partial charge in [-0.2, -0.15) is 4.39 Å². The van der Waals surface area contributed by atoms with Gasteiger partial charge in [0, 0.05) is 17.9 Å². The Morgan fingerprint density at radius 1 is 1.40 bits per heavy atom. The SMILES string of the molecule is O=C(NCCCCCBr)c1cc(-c2ccc(F)s2)on1. The zero-order valence-corrected chi connectivity index (χ0v) is 13.1. The molecule has 0 aliphatic carbocycles. The van der Waals surface area contributed by atoms with Crippen LogP contribution in [0.2, 0.25) is 0 Å². The average Bonchev–Trinajstić information content (AvgIpc) is 3.06. The molecule has 20 heavy (non-hydrogen) atoms. The van der Waals surface area contributed by atoms with Gasteiger partial charge in [0.25, 0.3) is 5.91 Å². The summed E-state index contributed by atoms with van der Waals surface area (Å²) in [4.78, 5) is 12.4. The number of aromatic nitrogens is 1. The predicted molar refractivity (Wildman–Crippen MR) is 79.8 cm³/mol. The molecule has 2 aromatic rings. The molecule has 0 unspecified atom stereocenters. The molecule has 2 rings (SSSR count). The third-order valence-corrected chi connectivity index (χ3v) is 4.10. The molecule has 108 valence electrons. The molecular weight excluding hydrogens is 347 g/mol. The summed E-state index contributed by atoms with van der Waals surface area (Å²) in [6, 6.07) is 4.48. The smallest absolute Gasteiger partial charge is 0.273 e. The lowest BCUT2D eigenvalue weighted by Crippen LogP contribution is -2.24. The molecule has 0 aliphatic heterocycles. The number of carbonyl (C=O) groups is 1. The summed E-state index contributed by atoms with van der Waals surface area (Å²) < 4.78 is 18.0. The van der Waals surface area contributed by atoms with E-state index >= 15 is 0 Å². The van der Waals surface area contributed by atoms with Crippen molar-refractivity contribution in [3.63, 3.8) is 0 Å². The van der Waals surface area contributed by atoms with Gasteiger partial charge in [0.05, 0.1) is 4.88 Å². The van der Waals surface area contributed by atoms with Gasteiger partial charge in [-0.3, -0.25) is 4.79 Å². The molecule has 2 aromatic heterocycles. The molecule has 2 heterocycles. The highest BCUT2D eigenvalue weighted by molar-refractivity contribution is 9.09. The predicted octanol–water partition coefficient (Wildman–Crippen LogP) is 3.84. The number of thiophene rings is 1. The summed E-state index contributed by atoms with van der Waals surface area (Å²) >= 11 is 4.31. The Kier molecular flexibility index (Phi) is 5.72. The highest BCUT2D eigenvalue weighted by Crippen LogP contribution is 2.27. The van der Waals surface area contributed by atoms with E-state index in [-0.39, 0.29) is 16.7 Å². The van der Waals surface area contributed by atoms with E-state index in [2.05, 4.69) is 26.4 Å². The van der Waals surface area contributed by atoms with Crippen LogP contribution in [0, 0.1) is 5.13 Å². The summed E-state index contributed by atoms with van der Waals surface area (Å²) in [5.74, 6) is 0.138. The Hall–Kier alpha value is -1.21. The Balaban J connectivity index is 1.87. The molecule has 1 amide bonds. The zero-order chi connectivity index (χ0) is 14.4. The van der Waals surface area contributed by atoms with Crippen molar-refractivity contribution >= 4 is 33.2 Å². The fourth-order valence-electron chi connectivity index (χ4n) is 1.63. The van der Waals surface area contributed by atoms with Crippen molar-refractivity contribution in [3.8, 4) is 10.6 Å². The monoisotopic (exact) mass is 360 g/mol. The van der Waals surface area contributed by atoms with Crippen molar-refractivity contribution in [2.45, 2.75) is 19.3 Å². The number of unbranched alkanes of at least 4 members (excludes halogenated alkanes) is 2. The topological polar surface area (TPSA) is 55.1 Å². The van der Waals surface area contributed by atoms with Gasteiger partial charge in [0.15, 0.2) is 16.6 Å². The van der Waals surface area contributed by atoms with Crippen molar-refractivity contribution < 1.29 is 13.7 Å². The number of nitrogens with zero attached hydrogens (tertiary/aromatic N) is 1. The largest absolute Gasteiger partial charge is 0.355 e. The maximum Gasteiger partial charge on any atom is 0.273 e. The second-order valence-electron chi connectivity index (χ2n) is 4.19. The van der Waals surface area contributed by atoms with Gasteiger partial charge in [-0.1, -0.05) is 27.5 Å². The Bertz CT molecular complexity index is 570. The van der Waals surface area contributed by atoms with Crippen molar-refractivity contribution in [3.05, 3.63) is 29.0 Å². The van der Waals surface area contributed by atoms with Crippen molar-refractivity contribution in [2.24, 2.45) is 0 Å². The average molecular weight is 361 g/mol. The van der Waals surface area contributed by atoms with E-state index in [9.17, 15) is 9.18 Å². The molecular formula is C13H14BrFN2O2S. The van der Waals surface area contributed by atoms with Crippen LogP contribution in [0.25, 0.3) is 10.6 Å². The van der Waals surface area contributed by atoms with Crippen LogP contribution in [0.3, 0.4) is 0 Å². The van der Waals surface area contributed by atoms with Crippen LogP contribution in [-0.4, -0.2) is 22.9 Å². The minimum absolute atomic E-state index is 0.217. The molecule has 4 nitrogen and oxygen atoms in total. The Morgan fingerprint density at radius 3 is 2.95 bits per heavy atom. The molecule has 0 spiro atoms. The minimum atomic E-state index is -0.297. The van der Waals surface area contributed by atoms with E-state index < -0.39 is 0 Å². The molecule has 0 bridgehead atoms. The van der Waals surface area contributed by atoms with E-state index in [1.807, 2.05) is 0 Å². The maximum absolute atomic E-state index is 12.9. The first-order chi connectivity index (χ1) is 9.70. The van der Waals surface area contributed by atoms with Crippen LogP contribution in [-0.2, 0) is 0 Å². The molecule has 7 heteroatoms. The van der Waals surface area contributed by atoms with E-state index in [4.69, 9.17) is 4.52 Å². The molecule has 0 fully saturated rings. The number of rotatable bonds is 7. The summed E-state index contributed by atoms with van der Waals surface area (Å²) in [5.41, 5.74) is 0.217. The second-order valence-corrected chi connectivity index (χ2v) is 6.01. The molecule has 0 atom stereocenters. The first kappa shape index (κ1) is 15.2. The van der Waals surface area contributed by atoms with Gasteiger partial charge < -0.3 is 9.84 Å². The van der Waals surface area contributed by atoms with E-state index in [1.165, 1.54) is 12.1 Å². The highest BCUT2D eigenvalue weighted by atomic mass is 79.9. The standard InChI is InChI=1S/C13H14BrFN2O2S/c14-6-2-1-3-7-16-13(18)9-8-10(19-17-9)11-4-5-12(15)20-11/h4-5,8H,1-3,6-7H2,(H,16,18). The Labute approximate surface area is 128 Å².